The average molecular weight is 306 g/mol. The lowest BCUT2D eigenvalue weighted by atomic mass is 10.3. The van der Waals surface area contributed by atoms with Crippen LogP contribution in [0.5, 0.6) is 0 Å². The van der Waals surface area contributed by atoms with E-state index in [1.165, 1.54) is 12.0 Å². The highest BCUT2D eigenvalue weighted by atomic mass is 35.5. The Balaban J connectivity index is 2.02. The Bertz CT molecular complexity index is 576. The fraction of sp³-hybridized carbons (Fsp3) is 0.333. The van der Waals surface area contributed by atoms with Crippen molar-refractivity contribution in [3.05, 3.63) is 41.8 Å². The first-order chi connectivity index (χ1) is 10.1. The van der Waals surface area contributed by atoms with Gasteiger partial charge in [-0.05, 0) is 12.1 Å². The lowest BCUT2D eigenvalue weighted by Crippen LogP contribution is -2.31. The van der Waals surface area contributed by atoms with Gasteiger partial charge in [-0.3, -0.25) is 0 Å². The predicted octanol–water partition coefficient (Wildman–Crippen LogP) is 2.74. The first kappa shape index (κ1) is 15.4. The van der Waals surface area contributed by atoms with Crippen LogP contribution in [0.2, 0.25) is 5.15 Å². The van der Waals surface area contributed by atoms with E-state index in [1.54, 1.807) is 0 Å². The number of rotatable bonds is 6. The minimum absolute atomic E-state index is 0.436. The zero-order valence-corrected chi connectivity index (χ0v) is 13.3. The first-order valence-corrected chi connectivity index (χ1v) is 7.17. The molecule has 1 aromatic heterocycles. The maximum absolute atomic E-state index is 6.08. The van der Waals surface area contributed by atoms with Crippen LogP contribution in [0.4, 0.5) is 17.2 Å². The highest BCUT2D eigenvalue weighted by Crippen LogP contribution is 2.27. The third kappa shape index (κ3) is 3.76. The molecular weight excluding hydrogens is 286 g/mol. The standard InChI is InChI=1S/C15H20ClN5/c1-17-13-14(16)18-11-19-15(13)21(3)10-9-20(2)12-7-5-4-6-8-12/h4-8,11,17H,9-10H2,1-3H3. The van der Waals surface area contributed by atoms with Gasteiger partial charge in [0.15, 0.2) is 11.0 Å². The summed E-state index contributed by atoms with van der Waals surface area (Å²) in [4.78, 5) is 12.6. The van der Waals surface area contributed by atoms with E-state index in [1.807, 2.05) is 32.3 Å². The van der Waals surface area contributed by atoms with Crippen molar-refractivity contribution in [1.82, 2.24) is 9.97 Å². The summed E-state index contributed by atoms with van der Waals surface area (Å²) in [6.07, 6.45) is 1.48. The summed E-state index contributed by atoms with van der Waals surface area (Å²) in [5.41, 5.74) is 1.95. The summed E-state index contributed by atoms with van der Waals surface area (Å²) in [6, 6.07) is 10.3. The van der Waals surface area contributed by atoms with Crippen LogP contribution in [-0.4, -0.2) is 44.2 Å². The van der Waals surface area contributed by atoms with E-state index in [0.717, 1.165) is 24.6 Å². The van der Waals surface area contributed by atoms with Crippen LogP contribution in [0, 0.1) is 0 Å². The first-order valence-electron chi connectivity index (χ1n) is 6.79. The van der Waals surface area contributed by atoms with Gasteiger partial charge in [0.05, 0.1) is 0 Å². The molecule has 0 saturated carbocycles. The third-order valence-corrected chi connectivity index (χ3v) is 3.65. The maximum atomic E-state index is 6.08. The largest absolute Gasteiger partial charge is 0.383 e. The summed E-state index contributed by atoms with van der Waals surface area (Å²) < 4.78 is 0. The van der Waals surface area contributed by atoms with E-state index in [2.05, 4.69) is 44.3 Å². The number of aromatic nitrogens is 2. The molecule has 0 amide bonds. The highest BCUT2D eigenvalue weighted by molar-refractivity contribution is 6.32. The Kier molecular flexibility index (Phi) is 5.22. The molecule has 1 N–H and O–H groups in total. The Morgan fingerprint density at radius 2 is 1.71 bits per heavy atom. The summed E-state index contributed by atoms with van der Waals surface area (Å²) in [7, 11) is 5.89. The molecule has 0 aliphatic heterocycles. The van der Waals surface area contributed by atoms with Crippen molar-refractivity contribution in [3.63, 3.8) is 0 Å². The molecule has 0 aliphatic carbocycles. The Labute approximate surface area is 130 Å². The number of likely N-dealkylation sites (N-methyl/N-ethyl adjacent to an activating group) is 2. The molecule has 0 aliphatic rings. The third-order valence-electron chi connectivity index (χ3n) is 3.36. The molecule has 0 saturated heterocycles. The van der Waals surface area contributed by atoms with Gasteiger partial charge in [0.1, 0.15) is 12.0 Å². The van der Waals surface area contributed by atoms with E-state index in [9.17, 15) is 0 Å². The normalized spacial score (nSPS) is 10.3. The highest BCUT2D eigenvalue weighted by Gasteiger charge is 2.13. The summed E-state index contributed by atoms with van der Waals surface area (Å²) >= 11 is 6.08. The number of benzene rings is 1. The van der Waals surface area contributed by atoms with E-state index in [0.29, 0.717) is 5.15 Å². The number of hydrogen-bond acceptors (Lipinski definition) is 5. The molecule has 21 heavy (non-hydrogen) atoms. The lowest BCUT2D eigenvalue weighted by Gasteiger charge is -2.25. The minimum Gasteiger partial charge on any atom is -0.383 e. The van der Waals surface area contributed by atoms with Crippen LogP contribution < -0.4 is 15.1 Å². The van der Waals surface area contributed by atoms with Crippen LogP contribution in [0.3, 0.4) is 0 Å². The van der Waals surface area contributed by atoms with Gasteiger partial charge < -0.3 is 15.1 Å². The molecule has 0 fully saturated rings. The quantitative estimate of drug-likeness (QED) is 0.831. The van der Waals surface area contributed by atoms with E-state index in [4.69, 9.17) is 11.6 Å². The smallest absolute Gasteiger partial charge is 0.157 e. The van der Waals surface area contributed by atoms with Crippen molar-refractivity contribution in [1.29, 1.82) is 0 Å². The van der Waals surface area contributed by atoms with E-state index in [-0.39, 0.29) is 0 Å². The van der Waals surface area contributed by atoms with Crippen molar-refractivity contribution in [2.24, 2.45) is 0 Å². The van der Waals surface area contributed by atoms with Gasteiger partial charge in [0.2, 0.25) is 0 Å². The summed E-state index contributed by atoms with van der Waals surface area (Å²) in [5.74, 6) is 0.805. The molecule has 0 bridgehead atoms. The molecule has 0 radical (unpaired) electrons. The van der Waals surface area contributed by atoms with Crippen molar-refractivity contribution in [2.75, 3.05) is 49.3 Å². The van der Waals surface area contributed by atoms with Crippen LogP contribution in [0.1, 0.15) is 0 Å². The lowest BCUT2D eigenvalue weighted by molar-refractivity contribution is 0.821. The fourth-order valence-electron chi connectivity index (χ4n) is 2.08. The molecule has 6 heteroatoms. The summed E-state index contributed by atoms with van der Waals surface area (Å²) in [5, 5.41) is 3.49. The van der Waals surface area contributed by atoms with Gasteiger partial charge in [0, 0.05) is 39.9 Å². The second-order valence-electron chi connectivity index (χ2n) is 4.79. The Morgan fingerprint density at radius 1 is 1.05 bits per heavy atom. The van der Waals surface area contributed by atoms with Crippen molar-refractivity contribution < 1.29 is 0 Å². The second-order valence-corrected chi connectivity index (χ2v) is 5.15. The molecule has 0 atom stereocenters. The molecule has 2 aromatic rings. The van der Waals surface area contributed by atoms with Crippen LogP contribution in [-0.2, 0) is 0 Å². The molecule has 112 valence electrons. The SMILES string of the molecule is CNc1c(Cl)ncnc1N(C)CCN(C)c1ccccc1. The van der Waals surface area contributed by atoms with Crippen molar-refractivity contribution in [3.8, 4) is 0 Å². The number of halogens is 1. The molecular formula is C15H20ClN5. The molecule has 1 heterocycles. The van der Waals surface area contributed by atoms with Crippen molar-refractivity contribution in [2.45, 2.75) is 0 Å². The number of hydrogen-bond donors (Lipinski definition) is 1. The minimum atomic E-state index is 0.436. The monoisotopic (exact) mass is 305 g/mol. The molecule has 0 unspecified atom stereocenters. The summed E-state index contributed by atoms with van der Waals surface area (Å²) in [6.45, 7) is 1.71. The van der Waals surface area contributed by atoms with Gasteiger partial charge in [-0.25, -0.2) is 9.97 Å². The van der Waals surface area contributed by atoms with Gasteiger partial charge in [-0.15, -0.1) is 0 Å². The van der Waals surface area contributed by atoms with Gasteiger partial charge in [0.25, 0.3) is 0 Å². The van der Waals surface area contributed by atoms with Crippen LogP contribution in [0.15, 0.2) is 36.7 Å². The number of anilines is 3. The average Bonchev–Trinajstić information content (AvgIpc) is 2.52. The molecule has 5 nitrogen and oxygen atoms in total. The van der Waals surface area contributed by atoms with Crippen LogP contribution in [0.25, 0.3) is 0 Å². The van der Waals surface area contributed by atoms with Crippen molar-refractivity contribution >= 4 is 28.8 Å². The Morgan fingerprint density at radius 3 is 2.38 bits per heavy atom. The number of nitrogens with one attached hydrogen (secondary N) is 1. The van der Waals surface area contributed by atoms with E-state index < -0.39 is 0 Å². The topological polar surface area (TPSA) is 44.3 Å². The zero-order valence-electron chi connectivity index (χ0n) is 12.5. The van der Waals surface area contributed by atoms with Gasteiger partial charge >= 0.3 is 0 Å². The zero-order chi connectivity index (χ0) is 15.2. The fourth-order valence-corrected chi connectivity index (χ4v) is 2.30. The van der Waals surface area contributed by atoms with Gasteiger partial charge in [-0.2, -0.15) is 0 Å². The van der Waals surface area contributed by atoms with Crippen LogP contribution >= 0.6 is 11.6 Å². The number of nitrogens with zero attached hydrogens (tertiary/aromatic N) is 4. The predicted molar refractivity (Wildman–Crippen MR) is 89.6 cm³/mol. The maximum Gasteiger partial charge on any atom is 0.157 e. The molecule has 0 spiro atoms. The molecule has 1 aromatic carbocycles. The van der Waals surface area contributed by atoms with Gasteiger partial charge in [-0.1, -0.05) is 29.8 Å². The second kappa shape index (κ2) is 7.13. The number of para-hydroxylation sites is 1. The molecule has 2 rings (SSSR count). The van der Waals surface area contributed by atoms with E-state index >= 15 is 0 Å². The Hall–Kier alpha value is -2.01.